The minimum absolute atomic E-state index is 0.0257. The highest BCUT2D eigenvalue weighted by Crippen LogP contribution is 2.18. The van der Waals surface area contributed by atoms with E-state index in [9.17, 15) is 4.79 Å². The first-order chi connectivity index (χ1) is 14.6. The molecule has 7 nitrogen and oxygen atoms in total. The van der Waals surface area contributed by atoms with E-state index in [2.05, 4.69) is 38.5 Å². The lowest BCUT2D eigenvalue weighted by Gasteiger charge is -2.16. The van der Waals surface area contributed by atoms with Crippen LogP contribution in [0.25, 0.3) is 16.9 Å². The molecule has 3 aromatic heterocycles. The number of aromatic nitrogens is 5. The number of carbonyl (C=O) groups is 1. The lowest BCUT2D eigenvalue weighted by atomic mass is 10.1. The van der Waals surface area contributed by atoms with Gasteiger partial charge in [-0.2, -0.15) is 10.2 Å². The summed E-state index contributed by atoms with van der Waals surface area (Å²) in [6.45, 7) is 2.56. The van der Waals surface area contributed by atoms with E-state index in [0.717, 1.165) is 42.6 Å². The van der Waals surface area contributed by atoms with Crippen molar-refractivity contribution in [1.82, 2.24) is 29.7 Å². The van der Waals surface area contributed by atoms with Gasteiger partial charge in [0.15, 0.2) is 5.65 Å². The van der Waals surface area contributed by atoms with Crippen LogP contribution in [0.2, 0.25) is 0 Å². The van der Waals surface area contributed by atoms with Crippen molar-refractivity contribution in [1.29, 1.82) is 0 Å². The summed E-state index contributed by atoms with van der Waals surface area (Å²) in [6.07, 6.45) is 7.50. The van der Waals surface area contributed by atoms with Crippen molar-refractivity contribution < 1.29 is 4.79 Å². The van der Waals surface area contributed by atoms with Crippen LogP contribution in [0.15, 0.2) is 54.9 Å². The van der Waals surface area contributed by atoms with Crippen LogP contribution in [-0.2, 0) is 6.42 Å². The van der Waals surface area contributed by atoms with E-state index in [-0.39, 0.29) is 5.91 Å². The van der Waals surface area contributed by atoms with Gasteiger partial charge in [-0.1, -0.05) is 36.8 Å². The zero-order valence-corrected chi connectivity index (χ0v) is 17.4. The summed E-state index contributed by atoms with van der Waals surface area (Å²) in [5.74, 6) is -0.0257. The third-order valence-electron chi connectivity index (χ3n) is 5.27. The summed E-state index contributed by atoms with van der Waals surface area (Å²) in [4.78, 5) is 19.0. The summed E-state index contributed by atoms with van der Waals surface area (Å²) >= 11 is 0. The molecule has 1 aromatic carbocycles. The molecule has 1 N–H and O–H groups in total. The van der Waals surface area contributed by atoms with Crippen LogP contribution < -0.4 is 0 Å². The van der Waals surface area contributed by atoms with Gasteiger partial charge in [-0.25, -0.2) is 9.50 Å². The first-order valence-corrected chi connectivity index (χ1v) is 10.3. The Morgan fingerprint density at radius 1 is 1.13 bits per heavy atom. The Morgan fingerprint density at radius 3 is 2.80 bits per heavy atom. The molecule has 0 bridgehead atoms. The lowest BCUT2D eigenvalue weighted by molar-refractivity contribution is 0.0793. The first kappa shape index (κ1) is 19.8. The van der Waals surface area contributed by atoms with E-state index in [0.29, 0.717) is 23.4 Å². The topological polar surface area (TPSA) is 79.2 Å². The van der Waals surface area contributed by atoms with Gasteiger partial charge in [0.2, 0.25) is 0 Å². The molecule has 0 atom stereocenters. The largest absolute Gasteiger partial charge is 0.342 e. The molecule has 0 saturated heterocycles. The fraction of sp³-hybridized carbons (Fsp3) is 0.304. The second-order valence-electron chi connectivity index (χ2n) is 7.53. The molecule has 3 heterocycles. The van der Waals surface area contributed by atoms with Crippen molar-refractivity contribution in [2.24, 2.45) is 0 Å². The molecule has 0 aliphatic heterocycles. The fourth-order valence-corrected chi connectivity index (χ4v) is 3.63. The van der Waals surface area contributed by atoms with Gasteiger partial charge in [0.05, 0.1) is 11.4 Å². The minimum Gasteiger partial charge on any atom is -0.342 e. The SMILES string of the molecule is Cc1nn2cccnc2c1C(=O)N(C)CCCCCc1cc(-c2ccccc2)n[nH]1. The Morgan fingerprint density at radius 2 is 1.97 bits per heavy atom. The molecular weight excluding hydrogens is 376 g/mol. The number of unbranched alkanes of at least 4 members (excludes halogenated alkanes) is 2. The summed E-state index contributed by atoms with van der Waals surface area (Å²) in [5, 5.41) is 11.9. The van der Waals surface area contributed by atoms with Crippen molar-refractivity contribution in [3.63, 3.8) is 0 Å². The quantitative estimate of drug-likeness (QED) is 0.453. The Hall–Kier alpha value is -3.48. The first-order valence-electron chi connectivity index (χ1n) is 10.3. The van der Waals surface area contributed by atoms with E-state index in [1.165, 1.54) is 0 Å². The average molecular weight is 403 g/mol. The number of carbonyl (C=O) groups excluding carboxylic acids is 1. The molecule has 0 unspecified atom stereocenters. The van der Waals surface area contributed by atoms with Gasteiger partial charge in [0, 0.05) is 37.2 Å². The molecule has 4 rings (SSSR count). The second kappa shape index (κ2) is 8.90. The van der Waals surface area contributed by atoms with Crippen LogP contribution in [0.3, 0.4) is 0 Å². The predicted molar refractivity (Wildman–Crippen MR) is 116 cm³/mol. The van der Waals surface area contributed by atoms with Crippen molar-refractivity contribution in [3.8, 4) is 11.3 Å². The van der Waals surface area contributed by atoms with Gasteiger partial charge in [-0.3, -0.25) is 9.89 Å². The van der Waals surface area contributed by atoms with Crippen LogP contribution in [0.1, 0.15) is 41.0 Å². The zero-order chi connectivity index (χ0) is 20.9. The number of nitrogens with zero attached hydrogens (tertiary/aromatic N) is 5. The van der Waals surface area contributed by atoms with E-state index in [1.807, 2.05) is 38.4 Å². The second-order valence-corrected chi connectivity index (χ2v) is 7.53. The Bertz CT molecular complexity index is 1130. The van der Waals surface area contributed by atoms with Crippen LogP contribution in [-0.4, -0.2) is 49.2 Å². The van der Waals surface area contributed by atoms with E-state index < -0.39 is 0 Å². The summed E-state index contributed by atoms with van der Waals surface area (Å²) < 4.78 is 1.66. The van der Waals surface area contributed by atoms with E-state index >= 15 is 0 Å². The van der Waals surface area contributed by atoms with Crippen molar-refractivity contribution in [3.05, 3.63) is 71.8 Å². The number of fused-ring (bicyclic) bond motifs is 1. The number of aryl methyl sites for hydroxylation is 2. The van der Waals surface area contributed by atoms with Crippen LogP contribution in [0.5, 0.6) is 0 Å². The lowest BCUT2D eigenvalue weighted by Crippen LogP contribution is -2.28. The van der Waals surface area contributed by atoms with Gasteiger partial charge in [0.25, 0.3) is 5.91 Å². The number of amides is 1. The standard InChI is InChI=1S/C23H26N6O/c1-17-21(22-24-13-9-15-29(22)27-17)23(30)28(2)14-8-4-7-12-19-16-20(26-25-19)18-10-5-3-6-11-18/h3,5-6,9-11,13,15-16H,4,7-8,12,14H2,1-2H3,(H,25,26). The van der Waals surface area contributed by atoms with Crippen molar-refractivity contribution in [2.75, 3.05) is 13.6 Å². The summed E-state index contributed by atoms with van der Waals surface area (Å²) in [7, 11) is 1.84. The monoisotopic (exact) mass is 402 g/mol. The highest BCUT2D eigenvalue weighted by molar-refractivity contribution is 6.00. The zero-order valence-electron chi connectivity index (χ0n) is 17.4. The molecule has 1 amide bonds. The number of hydrogen-bond acceptors (Lipinski definition) is 4. The molecule has 0 radical (unpaired) electrons. The number of rotatable bonds is 8. The minimum atomic E-state index is -0.0257. The van der Waals surface area contributed by atoms with E-state index in [4.69, 9.17) is 0 Å². The molecule has 0 spiro atoms. The number of benzene rings is 1. The van der Waals surface area contributed by atoms with Crippen LogP contribution >= 0.6 is 0 Å². The van der Waals surface area contributed by atoms with Crippen LogP contribution in [0.4, 0.5) is 0 Å². The van der Waals surface area contributed by atoms with Gasteiger partial charge in [0.1, 0.15) is 5.56 Å². The van der Waals surface area contributed by atoms with Crippen LogP contribution in [0, 0.1) is 6.92 Å². The van der Waals surface area contributed by atoms with Gasteiger partial charge in [-0.05, 0) is 38.3 Å². The maximum atomic E-state index is 12.9. The van der Waals surface area contributed by atoms with Gasteiger partial charge < -0.3 is 4.90 Å². The molecular formula is C23H26N6O. The fourth-order valence-electron chi connectivity index (χ4n) is 3.63. The number of hydrogen-bond donors (Lipinski definition) is 1. The van der Waals surface area contributed by atoms with Gasteiger partial charge in [-0.15, -0.1) is 0 Å². The number of H-pyrrole nitrogens is 1. The molecule has 0 aliphatic carbocycles. The van der Waals surface area contributed by atoms with Crippen molar-refractivity contribution in [2.45, 2.75) is 32.6 Å². The smallest absolute Gasteiger partial charge is 0.259 e. The maximum Gasteiger partial charge on any atom is 0.259 e. The van der Waals surface area contributed by atoms with Crippen molar-refractivity contribution >= 4 is 11.6 Å². The molecule has 0 saturated carbocycles. The third kappa shape index (κ3) is 4.25. The summed E-state index contributed by atoms with van der Waals surface area (Å²) in [6, 6.07) is 14.1. The Kier molecular flexibility index (Phi) is 5.88. The van der Waals surface area contributed by atoms with E-state index in [1.54, 1.807) is 21.7 Å². The normalized spacial score (nSPS) is 11.1. The predicted octanol–water partition coefficient (Wildman–Crippen LogP) is 3.91. The Labute approximate surface area is 175 Å². The highest BCUT2D eigenvalue weighted by Gasteiger charge is 2.21. The highest BCUT2D eigenvalue weighted by atomic mass is 16.2. The average Bonchev–Trinajstić information content (AvgIpc) is 3.37. The Balaban J connectivity index is 1.25. The summed E-state index contributed by atoms with van der Waals surface area (Å²) in [5.41, 5.74) is 5.15. The number of nitrogens with one attached hydrogen (secondary N) is 1. The van der Waals surface area contributed by atoms with Gasteiger partial charge >= 0.3 is 0 Å². The number of aromatic amines is 1. The third-order valence-corrected chi connectivity index (χ3v) is 5.27. The molecule has 7 heteroatoms. The molecule has 154 valence electrons. The molecule has 4 aromatic rings. The molecule has 0 aliphatic rings. The maximum absolute atomic E-state index is 12.9. The molecule has 0 fully saturated rings. The molecule has 30 heavy (non-hydrogen) atoms.